The van der Waals surface area contributed by atoms with Gasteiger partial charge in [0.1, 0.15) is 0 Å². The number of hydrogen-bond acceptors (Lipinski definition) is 3. The van der Waals surface area contributed by atoms with Crippen LogP contribution in [0.4, 0.5) is 0 Å². The zero-order valence-corrected chi connectivity index (χ0v) is 13.6. The van der Waals surface area contributed by atoms with Crippen LogP contribution in [0.5, 0.6) is 0 Å². The molecule has 3 aromatic rings. The van der Waals surface area contributed by atoms with Crippen molar-refractivity contribution in [2.24, 2.45) is 0 Å². The fourth-order valence-electron chi connectivity index (χ4n) is 2.43. The van der Waals surface area contributed by atoms with Crippen LogP contribution in [0.1, 0.15) is 17.5 Å². The predicted octanol–water partition coefficient (Wildman–Crippen LogP) is 4.06. The monoisotopic (exact) mass is 322 g/mol. The average Bonchev–Trinajstić information content (AvgIpc) is 3.14. The number of aromatic nitrogens is 1. The smallest absolute Gasteiger partial charge is 0.220 e. The molecule has 23 heavy (non-hydrogen) atoms. The molecular formula is C19H18N2OS. The van der Waals surface area contributed by atoms with Crippen molar-refractivity contribution in [2.45, 2.75) is 19.4 Å². The van der Waals surface area contributed by atoms with Gasteiger partial charge in [-0.3, -0.25) is 9.78 Å². The molecule has 0 radical (unpaired) electrons. The third-order valence-electron chi connectivity index (χ3n) is 3.65. The Morgan fingerprint density at radius 3 is 2.74 bits per heavy atom. The van der Waals surface area contributed by atoms with Crippen LogP contribution in [0, 0.1) is 0 Å². The van der Waals surface area contributed by atoms with Crippen molar-refractivity contribution in [1.29, 1.82) is 0 Å². The Morgan fingerprint density at radius 1 is 1.09 bits per heavy atom. The molecule has 1 N–H and O–H groups in total. The maximum atomic E-state index is 12.1. The molecule has 1 amide bonds. The second-order valence-electron chi connectivity index (χ2n) is 5.29. The molecule has 3 rings (SSSR count). The van der Waals surface area contributed by atoms with E-state index in [9.17, 15) is 4.79 Å². The lowest BCUT2D eigenvalue weighted by Gasteiger charge is -2.09. The topological polar surface area (TPSA) is 42.0 Å². The van der Waals surface area contributed by atoms with Crippen molar-refractivity contribution in [3.63, 3.8) is 0 Å². The van der Waals surface area contributed by atoms with Crippen LogP contribution in [0.15, 0.2) is 65.5 Å². The van der Waals surface area contributed by atoms with E-state index in [1.807, 2.05) is 53.9 Å². The van der Waals surface area contributed by atoms with E-state index in [0.29, 0.717) is 13.0 Å². The Bertz CT molecular complexity index is 754. The highest BCUT2D eigenvalue weighted by atomic mass is 32.1. The number of rotatable bonds is 6. The Balaban J connectivity index is 1.57. The van der Waals surface area contributed by atoms with Gasteiger partial charge in [-0.2, -0.15) is 11.3 Å². The molecule has 0 fully saturated rings. The normalized spacial score (nSPS) is 10.4. The summed E-state index contributed by atoms with van der Waals surface area (Å²) in [4.78, 5) is 16.5. The minimum absolute atomic E-state index is 0.0639. The number of amides is 1. The summed E-state index contributed by atoms with van der Waals surface area (Å²) in [5, 5.41) is 7.10. The van der Waals surface area contributed by atoms with Gasteiger partial charge in [-0.1, -0.05) is 36.4 Å². The van der Waals surface area contributed by atoms with Crippen molar-refractivity contribution in [3.05, 3.63) is 76.6 Å². The zero-order valence-electron chi connectivity index (χ0n) is 12.7. The molecule has 0 saturated heterocycles. The molecule has 0 aliphatic rings. The van der Waals surface area contributed by atoms with Crippen LogP contribution < -0.4 is 5.32 Å². The summed E-state index contributed by atoms with van der Waals surface area (Å²) in [5.74, 6) is 0.0639. The maximum absolute atomic E-state index is 12.1. The lowest BCUT2D eigenvalue weighted by atomic mass is 10.1. The number of hydrogen-bond donors (Lipinski definition) is 1. The number of pyridine rings is 1. The van der Waals surface area contributed by atoms with Crippen LogP contribution in [0.2, 0.25) is 0 Å². The van der Waals surface area contributed by atoms with Gasteiger partial charge in [-0.05, 0) is 35.1 Å². The molecule has 116 valence electrons. The minimum Gasteiger partial charge on any atom is -0.352 e. The van der Waals surface area contributed by atoms with Gasteiger partial charge in [0.25, 0.3) is 0 Å². The lowest BCUT2D eigenvalue weighted by Crippen LogP contribution is -2.23. The summed E-state index contributed by atoms with van der Waals surface area (Å²) in [7, 11) is 0. The minimum atomic E-state index is 0.0639. The van der Waals surface area contributed by atoms with Gasteiger partial charge in [0.2, 0.25) is 5.91 Å². The molecule has 0 bridgehead atoms. The quantitative estimate of drug-likeness (QED) is 0.743. The number of thiophene rings is 1. The summed E-state index contributed by atoms with van der Waals surface area (Å²) in [5.41, 5.74) is 4.27. The van der Waals surface area contributed by atoms with Crippen molar-refractivity contribution in [3.8, 4) is 11.3 Å². The highest BCUT2D eigenvalue weighted by Gasteiger charge is 2.08. The standard InChI is InChI=1S/C19H18N2OS/c22-18(9-8-15-5-2-1-3-6-15)21-13-16-7-4-11-20-19(16)17-10-12-23-14-17/h1-7,10-12,14H,8-9,13H2,(H,21,22). The zero-order chi connectivity index (χ0) is 15.9. The van der Waals surface area contributed by atoms with Gasteiger partial charge in [0.05, 0.1) is 5.69 Å². The summed E-state index contributed by atoms with van der Waals surface area (Å²) < 4.78 is 0. The van der Waals surface area contributed by atoms with E-state index >= 15 is 0 Å². The Hall–Kier alpha value is -2.46. The third kappa shape index (κ3) is 4.27. The summed E-state index contributed by atoms with van der Waals surface area (Å²) in [6, 6.07) is 16.0. The van der Waals surface area contributed by atoms with Gasteiger partial charge in [0.15, 0.2) is 0 Å². The average molecular weight is 322 g/mol. The number of carbonyl (C=O) groups is 1. The molecule has 0 spiro atoms. The molecule has 0 aliphatic carbocycles. The van der Waals surface area contributed by atoms with E-state index in [2.05, 4.69) is 15.7 Å². The molecule has 0 saturated carbocycles. The molecule has 0 unspecified atom stereocenters. The Kier molecular flexibility index (Phi) is 5.17. The summed E-state index contributed by atoms with van der Waals surface area (Å²) in [6.45, 7) is 0.507. The van der Waals surface area contributed by atoms with Gasteiger partial charge < -0.3 is 5.32 Å². The van der Waals surface area contributed by atoms with Crippen LogP contribution in [-0.2, 0) is 17.8 Å². The molecule has 1 aromatic carbocycles. The number of carbonyl (C=O) groups excluding carboxylic acids is 1. The summed E-state index contributed by atoms with van der Waals surface area (Å²) in [6.07, 6.45) is 3.04. The molecule has 0 atom stereocenters. The maximum Gasteiger partial charge on any atom is 0.220 e. The molecular weight excluding hydrogens is 304 g/mol. The van der Waals surface area contributed by atoms with Gasteiger partial charge in [0, 0.05) is 30.1 Å². The second-order valence-corrected chi connectivity index (χ2v) is 6.07. The number of aryl methyl sites for hydroxylation is 1. The van der Waals surface area contributed by atoms with E-state index < -0.39 is 0 Å². The first kappa shape index (κ1) is 15.4. The predicted molar refractivity (Wildman–Crippen MR) is 94.2 cm³/mol. The van der Waals surface area contributed by atoms with Crippen molar-refractivity contribution >= 4 is 17.2 Å². The first-order chi connectivity index (χ1) is 11.3. The Morgan fingerprint density at radius 2 is 1.96 bits per heavy atom. The fourth-order valence-corrected chi connectivity index (χ4v) is 3.07. The molecule has 2 aromatic heterocycles. The van der Waals surface area contributed by atoms with E-state index in [4.69, 9.17) is 0 Å². The second kappa shape index (κ2) is 7.70. The SMILES string of the molecule is O=C(CCc1ccccc1)NCc1cccnc1-c1ccsc1. The van der Waals surface area contributed by atoms with Gasteiger partial charge >= 0.3 is 0 Å². The van der Waals surface area contributed by atoms with E-state index in [-0.39, 0.29) is 5.91 Å². The van der Waals surface area contributed by atoms with Crippen LogP contribution >= 0.6 is 11.3 Å². The van der Waals surface area contributed by atoms with Gasteiger partial charge in [-0.25, -0.2) is 0 Å². The van der Waals surface area contributed by atoms with E-state index in [1.54, 1.807) is 17.5 Å². The third-order valence-corrected chi connectivity index (χ3v) is 4.33. The van der Waals surface area contributed by atoms with Gasteiger partial charge in [-0.15, -0.1) is 0 Å². The lowest BCUT2D eigenvalue weighted by molar-refractivity contribution is -0.121. The van der Waals surface area contributed by atoms with Crippen LogP contribution in [0.25, 0.3) is 11.3 Å². The largest absolute Gasteiger partial charge is 0.352 e. The van der Waals surface area contributed by atoms with Crippen LogP contribution in [-0.4, -0.2) is 10.9 Å². The highest BCUT2D eigenvalue weighted by Crippen LogP contribution is 2.23. The first-order valence-electron chi connectivity index (χ1n) is 7.60. The molecule has 2 heterocycles. The van der Waals surface area contributed by atoms with Crippen molar-refractivity contribution in [2.75, 3.05) is 0 Å². The van der Waals surface area contributed by atoms with E-state index in [1.165, 1.54) is 5.56 Å². The highest BCUT2D eigenvalue weighted by molar-refractivity contribution is 7.08. The van der Waals surface area contributed by atoms with Crippen molar-refractivity contribution in [1.82, 2.24) is 10.3 Å². The van der Waals surface area contributed by atoms with E-state index in [0.717, 1.165) is 23.2 Å². The van der Waals surface area contributed by atoms with Crippen LogP contribution in [0.3, 0.4) is 0 Å². The van der Waals surface area contributed by atoms with Crippen molar-refractivity contribution < 1.29 is 4.79 Å². The molecule has 0 aliphatic heterocycles. The summed E-state index contributed by atoms with van der Waals surface area (Å²) >= 11 is 1.65. The molecule has 3 nitrogen and oxygen atoms in total. The first-order valence-corrected chi connectivity index (χ1v) is 8.54. The fraction of sp³-hybridized carbons (Fsp3) is 0.158. The number of benzene rings is 1. The molecule has 4 heteroatoms. The Labute approximate surface area is 140 Å². The number of nitrogens with zero attached hydrogens (tertiary/aromatic N) is 1. The number of nitrogens with one attached hydrogen (secondary N) is 1.